The standard InChI is InChI=1S/C9H18N2O/c1-8(2)11-6-4-9(12-7-11)3-5-10-9/h8,10H,3-7H2,1-2H3/t9-/m0/s1. The second-order valence-electron chi connectivity index (χ2n) is 4.10. The van der Waals surface area contributed by atoms with Crippen molar-refractivity contribution in [3.8, 4) is 0 Å². The summed E-state index contributed by atoms with van der Waals surface area (Å²) in [5.41, 5.74) is 0.0748. The molecule has 2 aliphatic heterocycles. The molecule has 0 saturated carbocycles. The second-order valence-corrected chi connectivity index (χ2v) is 4.10. The SMILES string of the molecule is CC(C)N1CC[C@]2(CCN2)OC1. The lowest BCUT2D eigenvalue weighted by Gasteiger charge is -2.49. The monoisotopic (exact) mass is 170 g/mol. The van der Waals surface area contributed by atoms with Crippen LogP contribution in [-0.2, 0) is 4.74 Å². The van der Waals surface area contributed by atoms with Crippen LogP contribution >= 0.6 is 0 Å². The molecule has 2 rings (SSSR count). The van der Waals surface area contributed by atoms with Gasteiger partial charge >= 0.3 is 0 Å². The fourth-order valence-electron chi connectivity index (χ4n) is 1.82. The zero-order valence-electron chi connectivity index (χ0n) is 7.97. The van der Waals surface area contributed by atoms with E-state index < -0.39 is 0 Å². The molecule has 12 heavy (non-hydrogen) atoms. The van der Waals surface area contributed by atoms with Crippen molar-refractivity contribution in [2.45, 2.75) is 38.5 Å². The maximum atomic E-state index is 5.79. The normalized spacial score (nSPS) is 37.2. The van der Waals surface area contributed by atoms with Gasteiger partial charge in [-0.3, -0.25) is 10.2 Å². The molecule has 0 bridgehead atoms. The molecule has 0 amide bonds. The summed E-state index contributed by atoms with van der Waals surface area (Å²) in [6, 6.07) is 0.613. The summed E-state index contributed by atoms with van der Waals surface area (Å²) in [7, 11) is 0. The Hall–Kier alpha value is -0.120. The van der Waals surface area contributed by atoms with E-state index in [-0.39, 0.29) is 5.72 Å². The predicted octanol–water partition coefficient (Wildman–Crippen LogP) is 0.764. The van der Waals surface area contributed by atoms with Gasteiger partial charge in [0.2, 0.25) is 0 Å². The van der Waals surface area contributed by atoms with Crippen LogP contribution in [0.2, 0.25) is 0 Å². The van der Waals surface area contributed by atoms with Gasteiger partial charge in [-0.25, -0.2) is 0 Å². The molecule has 3 nitrogen and oxygen atoms in total. The molecule has 0 aromatic rings. The van der Waals surface area contributed by atoms with Gasteiger partial charge in [-0.1, -0.05) is 0 Å². The fourth-order valence-corrected chi connectivity index (χ4v) is 1.82. The summed E-state index contributed by atoms with van der Waals surface area (Å²) in [4.78, 5) is 2.37. The highest BCUT2D eigenvalue weighted by Gasteiger charge is 2.40. The van der Waals surface area contributed by atoms with E-state index in [0.717, 1.165) is 19.7 Å². The Morgan fingerprint density at radius 2 is 2.17 bits per heavy atom. The molecule has 2 fully saturated rings. The Morgan fingerprint density at radius 3 is 2.50 bits per heavy atom. The molecule has 2 aliphatic rings. The molecule has 0 unspecified atom stereocenters. The highest BCUT2D eigenvalue weighted by molar-refractivity contribution is 4.91. The van der Waals surface area contributed by atoms with Crippen LogP contribution in [0.25, 0.3) is 0 Å². The Kier molecular flexibility index (Phi) is 2.10. The van der Waals surface area contributed by atoms with Crippen LogP contribution in [0.3, 0.4) is 0 Å². The number of rotatable bonds is 1. The van der Waals surface area contributed by atoms with Crippen LogP contribution in [-0.4, -0.2) is 36.5 Å². The molecule has 70 valence electrons. The molecule has 2 saturated heterocycles. The quantitative estimate of drug-likeness (QED) is 0.629. The van der Waals surface area contributed by atoms with Crippen LogP contribution in [0, 0.1) is 0 Å². The number of hydrogen-bond acceptors (Lipinski definition) is 3. The first-order valence-corrected chi connectivity index (χ1v) is 4.85. The molecule has 0 aliphatic carbocycles. The lowest BCUT2D eigenvalue weighted by molar-refractivity contribution is -0.193. The van der Waals surface area contributed by atoms with E-state index in [1.807, 2.05) is 0 Å². The van der Waals surface area contributed by atoms with Gasteiger partial charge < -0.3 is 4.74 Å². The Morgan fingerprint density at radius 1 is 1.42 bits per heavy atom. The maximum absolute atomic E-state index is 5.79. The van der Waals surface area contributed by atoms with Crippen LogP contribution < -0.4 is 5.32 Å². The lowest BCUT2D eigenvalue weighted by Crippen LogP contribution is -2.64. The average molecular weight is 170 g/mol. The summed E-state index contributed by atoms with van der Waals surface area (Å²) in [6.07, 6.45) is 2.34. The molecule has 0 aromatic heterocycles. The summed E-state index contributed by atoms with van der Waals surface area (Å²) in [6.45, 7) is 7.53. The summed E-state index contributed by atoms with van der Waals surface area (Å²) in [5.74, 6) is 0. The van der Waals surface area contributed by atoms with Crippen molar-refractivity contribution in [2.75, 3.05) is 19.8 Å². The van der Waals surface area contributed by atoms with Crippen LogP contribution in [0.1, 0.15) is 26.7 Å². The third-order valence-electron chi connectivity index (χ3n) is 3.02. The van der Waals surface area contributed by atoms with Gasteiger partial charge in [-0.15, -0.1) is 0 Å². The topological polar surface area (TPSA) is 24.5 Å². The van der Waals surface area contributed by atoms with Gasteiger partial charge in [0.05, 0.1) is 0 Å². The Bertz CT molecular complexity index is 156. The van der Waals surface area contributed by atoms with Gasteiger partial charge in [-0.05, 0) is 13.8 Å². The van der Waals surface area contributed by atoms with Crippen molar-refractivity contribution in [3.05, 3.63) is 0 Å². The summed E-state index contributed by atoms with van der Waals surface area (Å²) >= 11 is 0. The third-order valence-corrected chi connectivity index (χ3v) is 3.02. The van der Waals surface area contributed by atoms with E-state index in [9.17, 15) is 0 Å². The van der Waals surface area contributed by atoms with Gasteiger partial charge in [0.15, 0.2) is 0 Å². The smallest absolute Gasteiger partial charge is 0.123 e. The van der Waals surface area contributed by atoms with Crippen molar-refractivity contribution in [1.82, 2.24) is 10.2 Å². The number of nitrogens with zero attached hydrogens (tertiary/aromatic N) is 1. The van der Waals surface area contributed by atoms with Gasteiger partial charge in [-0.2, -0.15) is 0 Å². The first-order chi connectivity index (χ1) is 5.72. The summed E-state index contributed by atoms with van der Waals surface area (Å²) < 4.78 is 5.79. The molecule has 1 spiro atoms. The minimum Gasteiger partial charge on any atom is -0.345 e. The Labute approximate surface area is 74.1 Å². The van der Waals surface area contributed by atoms with Gasteiger partial charge in [0, 0.05) is 32.0 Å². The fraction of sp³-hybridized carbons (Fsp3) is 1.00. The van der Waals surface area contributed by atoms with Crippen LogP contribution in [0.15, 0.2) is 0 Å². The minimum absolute atomic E-state index is 0.0748. The van der Waals surface area contributed by atoms with Gasteiger partial charge in [0.25, 0.3) is 0 Å². The van der Waals surface area contributed by atoms with Crippen molar-refractivity contribution in [3.63, 3.8) is 0 Å². The molecule has 1 atom stereocenters. The molecule has 0 aromatic carbocycles. The molecule has 1 N–H and O–H groups in total. The third kappa shape index (κ3) is 1.37. The number of ether oxygens (including phenoxy) is 1. The van der Waals surface area contributed by atoms with Gasteiger partial charge in [0.1, 0.15) is 12.5 Å². The van der Waals surface area contributed by atoms with Crippen molar-refractivity contribution in [1.29, 1.82) is 0 Å². The molecular weight excluding hydrogens is 152 g/mol. The number of hydrogen-bond donors (Lipinski definition) is 1. The van der Waals surface area contributed by atoms with Crippen LogP contribution in [0.4, 0.5) is 0 Å². The second kappa shape index (κ2) is 2.98. The highest BCUT2D eigenvalue weighted by Crippen LogP contribution is 2.28. The zero-order valence-corrected chi connectivity index (χ0v) is 7.97. The lowest BCUT2D eigenvalue weighted by atomic mass is 9.96. The minimum atomic E-state index is 0.0748. The van der Waals surface area contributed by atoms with Crippen molar-refractivity contribution in [2.24, 2.45) is 0 Å². The molecular formula is C9H18N2O. The van der Waals surface area contributed by atoms with Crippen molar-refractivity contribution >= 4 is 0 Å². The Balaban J connectivity index is 1.84. The zero-order chi connectivity index (χ0) is 8.60. The van der Waals surface area contributed by atoms with E-state index in [1.54, 1.807) is 0 Å². The average Bonchev–Trinajstić information content (AvgIpc) is 2.02. The van der Waals surface area contributed by atoms with Crippen molar-refractivity contribution < 1.29 is 4.74 Å². The highest BCUT2D eigenvalue weighted by atomic mass is 16.5. The molecule has 2 heterocycles. The van der Waals surface area contributed by atoms with E-state index in [4.69, 9.17) is 4.74 Å². The molecule has 0 radical (unpaired) electrons. The maximum Gasteiger partial charge on any atom is 0.123 e. The van der Waals surface area contributed by atoms with E-state index >= 15 is 0 Å². The predicted molar refractivity (Wildman–Crippen MR) is 47.8 cm³/mol. The van der Waals surface area contributed by atoms with E-state index in [1.165, 1.54) is 13.0 Å². The van der Waals surface area contributed by atoms with E-state index in [0.29, 0.717) is 6.04 Å². The molecule has 3 heteroatoms. The summed E-state index contributed by atoms with van der Waals surface area (Å²) in [5, 5.41) is 3.37. The van der Waals surface area contributed by atoms with E-state index in [2.05, 4.69) is 24.1 Å². The first-order valence-electron chi connectivity index (χ1n) is 4.85. The first kappa shape index (κ1) is 8.48. The largest absolute Gasteiger partial charge is 0.345 e. The number of nitrogens with one attached hydrogen (secondary N) is 1. The van der Waals surface area contributed by atoms with Crippen LogP contribution in [0.5, 0.6) is 0 Å².